The summed E-state index contributed by atoms with van der Waals surface area (Å²) in [6, 6.07) is 20.5. The second kappa shape index (κ2) is 9.02. The average Bonchev–Trinajstić information content (AvgIpc) is 2.67. The Balaban J connectivity index is 1.55. The van der Waals surface area contributed by atoms with Crippen molar-refractivity contribution in [2.24, 2.45) is 0 Å². The molecule has 2 aromatic carbocycles. The number of rotatable bonds is 7. The molecule has 3 nitrogen and oxygen atoms in total. The van der Waals surface area contributed by atoms with Crippen molar-refractivity contribution >= 4 is 5.69 Å². The Morgan fingerprint density at radius 1 is 0.920 bits per heavy atom. The van der Waals surface area contributed by atoms with Gasteiger partial charge in [0.25, 0.3) is 0 Å². The van der Waals surface area contributed by atoms with E-state index in [9.17, 15) is 0 Å². The standard InChI is InChI=1S/C22H30N2O/c1-23(2)22(18-20-6-4-3-5-7-20)13-10-19-8-11-21(12-9-19)24-14-16-25-17-15-24/h3-9,11-12,22H,10,13-18H2,1-2H3. The van der Waals surface area contributed by atoms with Crippen molar-refractivity contribution in [2.75, 3.05) is 45.3 Å². The Hall–Kier alpha value is -1.84. The van der Waals surface area contributed by atoms with E-state index in [0.29, 0.717) is 6.04 Å². The molecule has 0 aromatic heterocycles. The van der Waals surface area contributed by atoms with Gasteiger partial charge >= 0.3 is 0 Å². The Labute approximate surface area is 152 Å². The summed E-state index contributed by atoms with van der Waals surface area (Å²) in [5.74, 6) is 0. The van der Waals surface area contributed by atoms with Crippen molar-refractivity contribution < 1.29 is 4.74 Å². The van der Waals surface area contributed by atoms with Crippen LogP contribution in [0.5, 0.6) is 0 Å². The molecule has 0 N–H and O–H groups in total. The molecule has 1 aliphatic heterocycles. The van der Waals surface area contributed by atoms with E-state index in [4.69, 9.17) is 4.74 Å². The highest BCUT2D eigenvalue weighted by Gasteiger charge is 2.13. The van der Waals surface area contributed by atoms with Crippen molar-refractivity contribution in [1.82, 2.24) is 4.90 Å². The number of morpholine rings is 1. The summed E-state index contributed by atoms with van der Waals surface area (Å²) in [6.07, 6.45) is 3.41. The Morgan fingerprint density at radius 2 is 1.60 bits per heavy atom. The van der Waals surface area contributed by atoms with Gasteiger partial charge in [0.05, 0.1) is 13.2 Å². The summed E-state index contributed by atoms with van der Waals surface area (Å²) in [6.45, 7) is 3.68. The fraction of sp³-hybridized carbons (Fsp3) is 0.455. The lowest BCUT2D eigenvalue weighted by Crippen LogP contribution is -2.36. The molecule has 0 bridgehead atoms. The van der Waals surface area contributed by atoms with E-state index in [2.05, 4.69) is 78.5 Å². The number of nitrogens with zero attached hydrogens (tertiary/aromatic N) is 2. The predicted octanol–water partition coefficient (Wildman–Crippen LogP) is 3.63. The quantitative estimate of drug-likeness (QED) is 0.767. The summed E-state index contributed by atoms with van der Waals surface area (Å²) >= 11 is 0. The first-order valence-corrected chi connectivity index (χ1v) is 9.34. The molecule has 1 aliphatic rings. The first-order valence-electron chi connectivity index (χ1n) is 9.34. The average molecular weight is 338 g/mol. The third-order valence-corrected chi connectivity index (χ3v) is 5.12. The van der Waals surface area contributed by atoms with Crippen LogP contribution >= 0.6 is 0 Å². The lowest BCUT2D eigenvalue weighted by molar-refractivity contribution is 0.122. The van der Waals surface area contributed by atoms with E-state index >= 15 is 0 Å². The lowest BCUT2D eigenvalue weighted by atomic mass is 9.98. The van der Waals surface area contributed by atoms with Crippen LogP contribution in [-0.4, -0.2) is 51.3 Å². The van der Waals surface area contributed by atoms with E-state index < -0.39 is 0 Å². The minimum Gasteiger partial charge on any atom is -0.378 e. The topological polar surface area (TPSA) is 15.7 Å². The van der Waals surface area contributed by atoms with E-state index in [-0.39, 0.29) is 0 Å². The molecule has 0 spiro atoms. The molecular formula is C22H30N2O. The van der Waals surface area contributed by atoms with Crippen LogP contribution in [0.15, 0.2) is 54.6 Å². The molecule has 1 heterocycles. The minimum absolute atomic E-state index is 0.571. The molecule has 0 saturated carbocycles. The van der Waals surface area contributed by atoms with Gasteiger partial charge in [-0.2, -0.15) is 0 Å². The zero-order chi connectivity index (χ0) is 17.5. The third-order valence-electron chi connectivity index (χ3n) is 5.12. The summed E-state index contributed by atoms with van der Waals surface area (Å²) in [5.41, 5.74) is 4.17. The molecule has 0 aliphatic carbocycles. The summed E-state index contributed by atoms with van der Waals surface area (Å²) in [4.78, 5) is 4.76. The molecule has 1 saturated heterocycles. The SMILES string of the molecule is CN(C)C(CCc1ccc(N2CCOCC2)cc1)Cc1ccccc1. The van der Waals surface area contributed by atoms with Gasteiger partial charge in [-0.1, -0.05) is 42.5 Å². The van der Waals surface area contributed by atoms with Gasteiger partial charge in [0.1, 0.15) is 0 Å². The van der Waals surface area contributed by atoms with Crippen molar-refractivity contribution in [3.8, 4) is 0 Å². The molecule has 1 atom stereocenters. The van der Waals surface area contributed by atoms with Crippen molar-refractivity contribution in [3.63, 3.8) is 0 Å². The maximum Gasteiger partial charge on any atom is 0.0642 e. The van der Waals surface area contributed by atoms with Crippen LogP contribution in [0.2, 0.25) is 0 Å². The lowest BCUT2D eigenvalue weighted by Gasteiger charge is -2.29. The van der Waals surface area contributed by atoms with Gasteiger partial charge in [0.15, 0.2) is 0 Å². The molecule has 1 fully saturated rings. The number of likely N-dealkylation sites (N-methyl/N-ethyl adjacent to an activating group) is 1. The molecule has 0 radical (unpaired) electrons. The van der Waals surface area contributed by atoms with E-state index in [0.717, 1.165) is 39.1 Å². The summed E-state index contributed by atoms with van der Waals surface area (Å²) in [7, 11) is 4.38. The maximum absolute atomic E-state index is 5.43. The predicted molar refractivity (Wildman–Crippen MR) is 105 cm³/mol. The van der Waals surface area contributed by atoms with E-state index in [1.165, 1.54) is 23.2 Å². The van der Waals surface area contributed by atoms with E-state index in [1.807, 2.05) is 0 Å². The molecule has 1 unspecified atom stereocenters. The first kappa shape index (κ1) is 18.0. The number of anilines is 1. The minimum atomic E-state index is 0.571. The second-order valence-electron chi connectivity index (χ2n) is 7.11. The summed E-state index contributed by atoms with van der Waals surface area (Å²) in [5, 5.41) is 0. The normalized spacial score (nSPS) is 16.2. The third kappa shape index (κ3) is 5.32. The first-order chi connectivity index (χ1) is 12.2. The van der Waals surface area contributed by atoms with Gasteiger partial charge in [-0.3, -0.25) is 0 Å². The fourth-order valence-electron chi connectivity index (χ4n) is 3.46. The van der Waals surface area contributed by atoms with Gasteiger partial charge in [-0.05, 0) is 56.6 Å². The van der Waals surface area contributed by atoms with Gasteiger partial charge in [0, 0.05) is 24.8 Å². The van der Waals surface area contributed by atoms with Crippen molar-refractivity contribution in [1.29, 1.82) is 0 Å². The van der Waals surface area contributed by atoms with Gasteiger partial charge in [-0.25, -0.2) is 0 Å². The zero-order valence-electron chi connectivity index (χ0n) is 15.5. The van der Waals surface area contributed by atoms with Gasteiger partial charge in [0.2, 0.25) is 0 Å². The van der Waals surface area contributed by atoms with Crippen molar-refractivity contribution in [3.05, 3.63) is 65.7 Å². The highest BCUT2D eigenvalue weighted by molar-refractivity contribution is 5.47. The largest absolute Gasteiger partial charge is 0.378 e. The van der Waals surface area contributed by atoms with Crippen LogP contribution in [0.3, 0.4) is 0 Å². The number of hydrogen-bond donors (Lipinski definition) is 0. The highest BCUT2D eigenvalue weighted by Crippen LogP contribution is 2.19. The molecule has 0 amide bonds. The van der Waals surface area contributed by atoms with Gasteiger partial charge < -0.3 is 14.5 Å². The fourth-order valence-corrected chi connectivity index (χ4v) is 3.46. The molecule has 134 valence electrons. The highest BCUT2D eigenvalue weighted by atomic mass is 16.5. The molecular weight excluding hydrogens is 308 g/mol. The Morgan fingerprint density at radius 3 is 2.24 bits per heavy atom. The smallest absolute Gasteiger partial charge is 0.0642 e. The van der Waals surface area contributed by atoms with Crippen LogP contribution in [0, 0.1) is 0 Å². The van der Waals surface area contributed by atoms with Crippen LogP contribution < -0.4 is 4.90 Å². The molecule has 25 heavy (non-hydrogen) atoms. The van der Waals surface area contributed by atoms with Gasteiger partial charge in [-0.15, -0.1) is 0 Å². The number of hydrogen-bond acceptors (Lipinski definition) is 3. The van der Waals surface area contributed by atoms with Crippen LogP contribution in [0.25, 0.3) is 0 Å². The molecule has 3 rings (SSSR count). The number of ether oxygens (including phenoxy) is 1. The second-order valence-corrected chi connectivity index (χ2v) is 7.11. The number of benzene rings is 2. The molecule has 2 aromatic rings. The number of aryl methyl sites for hydroxylation is 1. The monoisotopic (exact) mass is 338 g/mol. The Kier molecular flexibility index (Phi) is 6.48. The van der Waals surface area contributed by atoms with Crippen molar-refractivity contribution in [2.45, 2.75) is 25.3 Å². The van der Waals surface area contributed by atoms with E-state index in [1.54, 1.807) is 0 Å². The van der Waals surface area contributed by atoms with Crippen LogP contribution in [0.4, 0.5) is 5.69 Å². The summed E-state index contributed by atoms with van der Waals surface area (Å²) < 4.78 is 5.43. The molecule has 3 heteroatoms. The van der Waals surface area contributed by atoms with Crippen LogP contribution in [-0.2, 0) is 17.6 Å². The van der Waals surface area contributed by atoms with Crippen LogP contribution in [0.1, 0.15) is 17.5 Å². The maximum atomic E-state index is 5.43. The zero-order valence-corrected chi connectivity index (χ0v) is 15.5. The Bertz CT molecular complexity index is 618.